The average molecular weight is 597 g/mol. The summed E-state index contributed by atoms with van der Waals surface area (Å²) in [6.45, 7) is 7.70. The molecule has 0 spiro atoms. The molecule has 1 aromatic heterocycles. The molecule has 3 atom stereocenters. The molecular weight excluding hydrogens is 552 g/mol. The number of carbonyl (C=O) groups excluding carboxylic acids is 4. The molecule has 11 heteroatoms. The Hall–Kier alpha value is -3.31. The van der Waals surface area contributed by atoms with Crippen LogP contribution in [0.3, 0.4) is 0 Å². The van der Waals surface area contributed by atoms with Gasteiger partial charge in [-0.25, -0.2) is 4.98 Å². The summed E-state index contributed by atoms with van der Waals surface area (Å²) in [6.07, 6.45) is 6.16. The van der Waals surface area contributed by atoms with Crippen LogP contribution in [0.4, 0.5) is 10.1 Å². The van der Waals surface area contributed by atoms with E-state index in [0.29, 0.717) is 35.2 Å². The third-order valence-corrected chi connectivity index (χ3v) is 9.05. The largest absolute Gasteiger partial charge is 0.343 e. The third kappa shape index (κ3) is 7.55. The van der Waals surface area contributed by atoms with Gasteiger partial charge in [0.1, 0.15) is 22.8 Å². The number of nitrogens with zero attached hydrogens (tertiary/aromatic N) is 2. The molecule has 2 aliphatic rings. The molecule has 1 unspecified atom stereocenters. The molecule has 42 heavy (non-hydrogen) atoms. The third-order valence-electron chi connectivity index (χ3n) is 8.16. The molecule has 4 amide bonds. The van der Waals surface area contributed by atoms with Crippen LogP contribution >= 0.6 is 11.3 Å². The number of nitrogens with one attached hydrogen (secondary N) is 4. The molecule has 2 heterocycles. The first kappa shape index (κ1) is 31.6. The van der Waals surface area contributed by atoms with Gasteiger partial charge < -0.3 is 26.2 Å². The molecule has 1 aromatic carbocycles. The minimum atomic E-state index is -0.666. The first-order valence-electron chi connectivity index (χ1n) is 15.0. The Morgan fingerprint density at radius 3 is 2.31 bits per heavy atom. The van der Waals surface area contributed by atoms with Crippen LogP contribution < -0.4 is 21.3 Å². The van der Waals surface area contributed by atoms with Crippen molar-refractivity contribution < 1.29 is 19.2 Å². The van der Waals surface area contributed by atoms with Crippen LogP contribution in [0.2, 0.25) is 0 Å². The number of likely N-dealkylation sites (tertiary alicyclic amines) is 1. The van der Waals surface area contributed by atoms with Gasteiger partial charge in [-0.15, -0.1) is 0 Å². The van der Waals surface area contributed by atoms with E-state index in [2.05, 4.69) is 26.3 Å². The number of carbonyl (C=O) groups is 4. The average Bonchev–Trinajstić information content (AvgIpc) is 3.63. The number of hydrogen-bond donors (Lipinski definition) is 4. The predicted molar refractivity (Wildman–Crippen MR) is 166 cm³/mol. The zero-order valence-corrected chi connectivity index (χ0v) is 26.1. The number of benzene rings is 1. The number of rotatable bonds is 9. The van der Waals surface area contributed by atoms with Crippen molar-refractivity contribution in [3.8, 4) is 11.3 Å². The number of anilines is 2. The number of likely N-dealkylation sites (N-methyl/N-ethyl adjacent to an activating group) is 1. The van der Waals surface area contributed by atoms with E-state index in [1.807, 2.05) is 51.1 Å². The molecule has 4 N–H and O–H groups in total. The highest BCUT2D eigenvalue weighted by Gasteiger charge is 2.41. The summed E-state index contributed by atoms with van der Waals surface area (Å²) in [5, 5.41) is 12.8. The van der Waals surface area contributed by atoms with Gasteiger partial charge in [-0.05, 0) is 45.6 Å². The molecule has 0 radical (unpaired) electrons. The monoisotopic (exact) mass is 596 g/mol. The Morgan fingerprint density at radius 2 is 1.67 bits per heavy atom. The standard InChI is InChI=1S/C31H44N6O4S/c1-19(32-5)25(38)33-24(21-15-10-7-11-16-21)28(40)37-18-12-17-22(37)26(39)35-27-23(20-13-8-6-9-14-20)34-30(42-27)36-29(41)31(2,3)4/h6,8-9,13-14,19,21-22,24,32H,7,10-12,15-18H2,1-5H3,(H,33,38)(H,35,39)(H,34,36,41)/t19-,22-,24?/m0/s1. The summed E-state index contributed by atoms with van der Waals surface area (Å²) in [5.74, 6) is -0.841. The van der Waals surface area contributed by atoms with Crippen LogP contribution in [-0.4, -0.2) is 65.2 Å². The number of hydrogen-bond acceptors (Lipinski definition) is 7. The topological polar surface area (TPSA) is 133 Å². The minimum Gasteiger partial charge on any atom is -0.343 e. The first-order chi connectivity index (χ1) is 20.0. The number of aromatic nitrogens is 1. The first-order valence-corrected chi connectivity index (χ1v) is 15.8. The summed E-state index contributed by atoms with van der Waals surface area (Å²) in [5.41, 5.74) is 0.753. The quantitative estimate of drug-likeness (QED) is 0.339. The molecule has 1 aliphatic heterocycles. The van der Waals surface area contributed by atoms with E-state index >= 15 is 0 Å². The Kier molecular flexibility index (Phi) is 10.4. The maximum absolute atomic E-state index is 14.0. The number of amides is 4. The molecule has 1 saturated carbocycles. The lowest BCUT2D eigenvalue weighted by molar-refractivity contribution is -0.142. The SMILES string of the molecule is CN[C@@H](C)C(=O)NC(C(=O)N1CCC[C@H]1C(=O)Nc1sc(NC(=O)C(C)(C)C)nc1-c1ccccc1)C1CCCCC1. The van der Waals surface area contributed by atoms with Gasteiger partial charge in [-0.3, -0.25) is 19.2 Å². The van der Waals surface area contributed by atoms with Crippen molar-refractivity contribution in [3.05, 3.63) is 30.3 Å². The summed E-state index contributed by atoms with van der Waals surface area (Å²) >= 11 is 1.20. The highest BCUT2D eigenvalue weighted by atomic mass is 32.1. The predicted octanol–water partition coefficient (Wildman–Crippen LogP) is 4.40. The molecule has 1 aliphatic carbocycles. The van der Waals surface area contributed by atoms with Gasteiger partial charge in [0.05, 0.1) is 6.04 Å². The smallest absolute Gasteiger partial charge is 0.247 e. The van der Waals surface area contributed by atoms with Crippen LogP contribution in [0.1, 0.15) is 72.6 Å². The Labute approximate surface area is 252 Å². The van der Waals surface area contributed by atoms with E-state index in [1.54, 1.807) is 18.9 Å². The highest BCUT2D eigenvalue weighted by molar-refractivity contribution is 7.20. The molecule has 2 fully saturated rings. The van der Waals surface area contributed by atoms with Crippen molar-refractivity contribution in [2.75, 3.05) is 24.2 Å². The van der Waals surface area contributed by atoms with Crippen LogP contribution in [0.15, 0.2) is 30.3 Å². The van der Waals surface area contributed by atoms with Gasteiger partial charge >= 0.3 is 0 Å². The van der Waals surface area contributed by atoms with Crippen molar-refractivity contribution in [1.29, 1.82) is 0 Å². The van der Waals surface area contributed by atoms with E-state index in [9.17, 15) is 19.2 Å². The summed E-state index contributed by atoms with van der Waals surface area (Å²) in [6, 6.07) is 7.71. The van der Waals surface area contributed by atoms with Gasteiger partial charge in [0.2, 0.25) is 23.6 Å². The second-order valence-corrected chi connectivity index (χ2v) is 13.3. The normalized spacial score (nSPS) is 19.2. The molecular formula is C31H44N6O4S. The zero-order valence-electron chi connectivity index (χ0n) is 25.3. The Balaban J connectivity index is 1.56. The van der Waals surface area contributed by atoms with Crippen LogP contribution in [0.5, 0.6) is 0 Å². The van der Waals surface area contributed by atoms with Crippen LogP contribution in [0, 0.1) is 11.3 Å². The van der Waals surface area contributed by atoms with Crippen molar-refractivity contribution in [2.24, 2.45) is 11.3 Å². The lowest BCUT2D eigenvalue weighted by atomic mass is 9.83. The summed E-state index contributed by atoms with van der Waals surface area (Å²) in [7, 11) is 1.71. The van der Waals surface area contributed by atoms with Gasteiger partial charge in [0.25, 0.3) is 0 Å². The Bertz CT molecular complexity index is 1270. The Morgan fingerprint density at radius 1 is 0.976 bits per heavy atom. The van der Waals surface area contributed by atoms with E-state index in [-0.39, 0.29) is 29.5 Å². The highest BCUT2D eigenvalue weighted by Crippen LogP contribution is 2.37. The molecule has 0 bridgehead atoms. The van der Waals surface area contributed by atoms with Crippen molar-refractivity contribution in [2.45, 2.75) is 90.8 Å². The van der Waals surface area contributed by atoms with Crippen molar-refractivity contribution in [3.63, 3.8) is 0 Å². The lowest BCUT2D eigenvalue weighted by Gasteiger charge is -2.35. The maximum atomic E-state index is 14.0. The van der Waals surface area contributed by atoms with E-state index in [4.69, 9.17) is 0 Å². The zero-order chi connectivity index (χ0) is 30.4. The second kappa shape index (κ2) is 13.8. The van der Waals surface area contributed by atoms with E-state index in [1.165, 1.54) is 11.3 Å². The van der Waals surface area contributed by atoms with Crippen molar-refractivity contribution >= 4 is 45.1 Å². The molecule has 1 saturated heterocycles. The van der Waals surface area contributed by atoms with Crippen molar-refractivity contribution in [1.82, 2.24) is 20.5 Å². The fraction of sp³-hybridized carbons (Fsp3) is 0.581. The summed E-state index contributed by atoms with van der Waals surface area (Å²) < 4.78 is 0. The number of thiazole rings is 1. The fourth-order valence-corrected chi connectivity index (χ4v) is 6.36. The van der Waals surface area contributed by atoms with Gasteiger partial charge in [-0.2, -0.15) is 0 Å². The second-order valence-electron chi connectivity index (χ2n) is 12.3. The van der Waals surface area contributed by atoms with Gasteiger partial charge in [0.15, 0.2) is 5.13 Å². The van der Waals surface area contributed by atoms with Gasteiger partial charge in [-0.1, -0.05) is 81.7 Å². The molecule has 228 valence electrons. The molecule has 10 nitrogen and oxygen atoms in total. The van der Waals surface area contributed by atoms with Crippen LogP contribution in [0.25, 0.3) is 11.3 Å². The molecule has 2 aromatic rings. The minimum absolute atomic E-state index is 0.0451. The van der Waals surface area contributed by atoms with E-state index < -0.39 is 23.5 Å². The maximum Gasteiger partial charge on any atom is 0.247 e. The van der Waals surface area contributed by atoms with E-state index in [0.717, 1.165) is 37.7 Å². The fourth-order valence-electron chi connectivity index (χ4n) is 5.47. The lowest BCUT2D eigenvalue weighted by Crippen LogP contribution is -2.57. The summed E-state index contributed by atoms with van der Waals surface area (Å²) in [4.78, 5) is 59.6. The van der Waals surface area contributed by atoms with Gasteiger partial charge in [0, 0.05) is 17.5 Å². The van der Waals surface area contributed by atoms with Crippen LogP contribution in [-0.2, 0) is 19.2 Å². The molecule has 4 rings (SSSR count).